The Morgan fingerprint density at radius 1 is 0.765 bits per heavy atom. The molecule has 3 rings (SSSR count). The number of carbonyl (C=O) groups is 2. The van der Waals surface area contributed by atoms with Crippen LogP contribution >= 0.6 is 0 Å². The van der Waals surface area contributed by atoms with E-state index in [0.29, 0.717) is 38.0 Å². The highest BCUT2D eigenvalue weighted by molar-refractivity contribution is 5.74. The zero-order valence-corrected chi connectivity index (χ0v) is 20.1. The highest BCUT2D eigenvalue weighted by Gasteiger charge is 2.22. The lowest BCUT2D eigenvalue weighted by Crippen LogP contribution is -2.41. The molecule has 0 saturated heterocycles. The Kier molecular flexibility index (Phi) is 9.88. The van der Waals surface area contributed by atoms with Crippen molar-refractivity contribution < 1.29 is 19.1 Å². The highest BCUT2D eigenvalue weighted by Crippen LogP contribution is 2.28. The van der Waals surface area contributed by atoms with Gasteiger partial charge >= 0.3 is 12.1 Å². The first-order chi connectivity index (χ1) is 16.6. The molecule has 0 aliphatic heterocycles. The Balaban J connectivity index is 1.31. The van der Waals surface area contributed by atoms with Crippen molar-refractivity contribution >= 4 is 12.1 Å². The second kappa shape index (κ2) is 13.3. The molecule has 1 saturated carbocycles. The molecular formula is C26H36N4O4. The van der Waals surface area contributed by atoms with E-state index in [1.165, 1.54) is 0 Å². The van der Waals surface area contributed by atoms with Gasteiger partial charge in [0.05, 0.1) is 14.2 Å². The van der Waals surface area contributed by atoms with Crippen molar-refractivity contribution in [2.75, 3.05) is 27.3 Å². The quantitative estimate of drug-likeness (QED) is 0.426. The van der Waals surface area contributed by atoms with Crippen LogP contribution in [0.2, 0.25) is 0 Å². The average molecular weight is 469 g/mol. The molecule has 2 aromatic rings. The van der Waals surface area contributed by atoms with Crippen LogP contribution in [0.5, 0.6) is 11.5 Å². The molecule has 0 radical (unpaired) electrons. The van der Waals surface area contributed by atoms with Crippen LogP contribution in [0.3, 0.4) is 0 Å². The van der Waals surface area contributed by atoms with E-state index in [9.17, 15) is 9.59 Å². The first-order valence-corrected chi connectivity index (χ1v) is 11.8. The Bertz CT molecular complexity index is 863. The molecule has 4 amide bonds. The molecule has 1 aliphatic carbocycles. The minimum Gasteiger partial charge on any atom is -0.497 e. The smallest absolute Gasteiger partial charge is 0.315 e. The molecule has 34 heavy (non-hydrogen) atoms. The topological polar surface area (TPSA) is 101 Å². The second-order valence-electron chi connectivity index (χ2n) is 8.73. The lowest BCUT2D eigenvalue weighted by molar-refractivity contribution is 0.221. The van der Waals surface area contributed by atoms with E-state index >= 15 is 0 Å². The zero-order valence-electron chi connectivity index (χ0n) is 20.1. The third-order valence-corrected chi connectivity index (χ3v) is 6.17. The van der Waals surface area contributed by atoms with Crippen molar-refractivity contribution in [1.29, 1.82) is 0 Å². The fourth-order valence-electron chi connectivity index (χ4n) is 4.30. The molecule has 0 unspecified atom stereocenters. The number of rotatable bonds is 10. The summed E-state index contributed by atoms with van der Waals surface area (Å²) in [4.78, 5) is 24.4. The number of hydrogen-bond acceptors (Lipinski definition) is 4. The Hall–Kier alpha value is -3.42. The van der Waals surface area contributed by atoms with Gasteiger partial charge in [-0.25, -0.2) is 9.59 Å². The summed E-state index contributed by atoms with van der Waals surface area (Å²) in [5, 5.41) is 11.8. The SMILES string of the molecule is COc1cccc(CNC(=O)NC[C@H]2CCC[C@@H](CNC(=O)NCc3cccc(OC)c3)C2)c1. The molecule has 0 spiro atoms. The molecule has 0 bridgehead atoms. The van der Waals surface area contributed by atoms with Crippen molar-refractivity contribution in [3.63, 3.8) is 0 Å². The fraction of sp³-hybridized carbons (Fsp3) is 0.462. The van der Waals surface area contributed by atoms with E-state index in [4.69, 9.17) is 9.47 Å². The summed E-state index contributed by atoms with van der Waals surface area (Å²) in [5.41, 5.74) is 1.98. The van der Waals surface area contributed by atoms with Crippen LogP contribution in [0.25, 0.3) is 0 Å². The Morgan fingerprint density at radius 3 is 1.68 bits per heavy atom. The maximum absolute atomic E-state index is 12.2. The number of hydrogen-bond donors (Lipinski definition) is 4. The molecule has 1 fully saturated rings. The minimum atomic E-state index is -0.167. The number of amides is 4. The first-order valence-electron chi connectivity index (χ1n) is 11.8. The van der Waals surface area contributed by atoms with E-state index in [2.05, 4.69) is 21.3 Å². The summed E-state index contributed by atoms with van der Waals surface area (Å²) in [7, 11) is 3.25. The first kappa shape index (κ1) is 25.2. The summed E-state index contributed by atoms with van der Waals surface area (Å²) < 4.78 is 10.4. The van der Waals surface area contributed by atoms with Crippen molar-refractivity contribution in [1.82, 2.24) is 21.3 Å². The van der Waals surface area contributed by atoms with E-state index in [1.54, 1.807) is 14.2 Å². The molecule has 0 aromatic heterocycles. The molecule has 2 atom stereocenters. The summed E-state index contributed by atoms with van der Waals surface area (Å²) >= 11 is 0. The van der Waals surface area contributed by atoms with E-state index in [0.717, 1.165) is 48.3 Å². The van der Waals surface area contributed by atoms with Crippen molar-refractivity contribution in [2.45, 2.75) is 38.8 Å². The van der Waals surface area contributed by atoms with Gasteiger partial charge in [-0.2, -0.15) is 0 Å². The molecule has 184 valence electrons. The minimum absolute atomic E-state index is 0.167. The normalized spacial score (nSPS) is 17.4. The lowest BCUT2D eigenvalue weighted by Gasteiger charge is -2.29. The van der Waals surface area contributed by atoms with Gasteiger partial charge < -0.3 is 30.7 Å². The van der Waals surface area contributed by atoms with Gasteiger partial charge in [-0.1, -0.05) is 30.7 Å². The van der Waals surface area contributed by atoms with Gasteiger partial charge in [0.2, 0.25) is 0 Å². The van der Waals surface area contributed by atoms with Crippen molar-refractivity contribution in [2.24, 2.45) is 11.8 Å². The zero-order chi connectivity index (χ0) is 24.2. The van der Waals surface area contributed by atoms with Crippen LogP contribution in [0.15, 0.2) is 48.5 Å². The molecular weight excluding hydrogens is 432 g/mol. The van der Waals surface area contributed by atoms with Gasteiger partial charge in [-0.15, -0.1) is 0 Å². The van der Waals surface area contributed by atoms with Gasteiger partial charge in [0, 0.05) is 26.2 Å². The standard InChI is InChI=1S/C26H36N4O4/c1-33-23-10-4-8-21(13-23)17-29-25(31)27-15-19-6-3-7-20(12-19)16-28-26(32)30-18-22-9-5-11-24(14-22)34-2/h4-5,8-11,13-14,19-20H,3,6-7,12,15-18H2,1-2H3,(H2,27,29,31)(H2,28,30,32)/t19-,20+. The van der Waals surface area contributed by atoms with Crippen LogP contribution in [-0.2, 0) is 13.1 Å². The monoisotopic (exact) mass is 468 g/mol. The van der Waals surface area contributed by atoms with Gasteiger partial charge in [-0.05, 0) is 66.5 Å². The number of urea groups is 2. The van der Waals surface area contributed by atoms with Crippen LogP contribution in [-0.4, -0.2) is 39.4 Å². The Morgan fingerprint density at radius 2 is 1.24 bits per heavy atom. The number of nitrogens with one attached hydrogen (secondary N) is 4. The van der Waals surface area contributed by atoms with E-state index < -0.39 is 0 Å². The largest absolute Gasteiger partial charge is 0.497 e. The van der Waals surface area contributed by atoms with Crippen LogP contribution < -0.4 is 30.7 Å². The summed E-state index contributed by atoms with van der Waals surface area (Å²) in [6, 6.07) is 15.0. The van der Waals surface area contributed by atoms with Crippen LogP contribution in [0.1, 0.15) is 36.8 Å². The fourth-order valence-corrected chi connectivity index (χ4v) is 4.30. The molecule has 4 N–H and O–H groups in total. The molecule has 2 aromatic carbocycles. The van der Waals surface area contributed by atoms with Gasteiger partial charge in [0.25, 0.3) is 0 Å². The summed E-state index contributed by atoms with van der Waals surface area (Å²) in [6.45, 7) is 2.18. The summed E-state index contributed by atoms with van der Waals surface area (Å²) in [6.07, 6.45) is 4.28. The van der Waals surface area contributed by atoms with Crippen molar-refractivity contribution in [3.8, 4) is 11.5 Å². The predicted octanol–water partition coefficient (Wildman–Crippen LogP) is 3.81. The summed E-state index contributed by atoms with van der Waals surface area (Å²) in [5.74, 6) is 2.39. The van der Waals surface area contributed by atoms with Gasteiger partial charge in [0.1, 0.15) is 11.5 Å². The molecule has 0 heterocycles. The van der Waals surface area contributed by atoms with E-state index in [1.807, 2.05) is 48.5 Å². The van der Waals surface area contributed by atoms with E-state index in [-0.39, 0.29) is 12.1 Å². The number of benzene rings is 2. The molecule has 8 heteroatoms. The number of carbonyl (C=O) groups excluding carboxylic acids is 2. The maximum Gasteiger partial charge on any atom is 0.315 e. The number of methoxy groups -OCH3 is 2. The van der Waals surface area contributed by atoms with Gasteiger partial charge in [0.15, 0.2) is 0 Å². The second-order valence-corrected chi connectivity index (χ2v) is 8.73. The third-order valence-electron chi connectivity index (χ3n) is 6.17. The predicted molar refractivity (Wildman–Crippen MR) is 132 cm³/mol. The van der Waals surface area contributed by atoms with Crippen LogP contribution in [0, 0.1) is 11.8 Å². The highest BCUT2D eigenvalue weighted by atomic mass is 16.5. The Labute approximate surface area is 201 Å². The van der Waals surface area contributed by atoms with Crippen molar-refractivity contribution in [3.05, 3.63) is 59.7 Å². The maximum atomic E-state index is 12.2. The van der Waals surface area contributed by atoms with Gasteiger partial charge in [-0.3, -0.25) is 0 Å². The average Bonchev–Trinajstić information content (AvgIpc) is 2.88. The molecule has 1 aliphatic rings. The van der Waals surface area contributed by atoms with Crippen LogP contribution in [0.4, 0.5) is 9.59 Å². The third kappa shape index (κ3) is 8.50. The lowest BCUT2D eigenvalue weighted by atomic mass is 9.81. The molecule has 8 nitrogen and oxygen atoms in total. The number of ether oxygens (including phenoxy) is 2.